The minimum atomic E-state index is -4.99. The van der Waals surface area contributed by atoms with Gasteiger partial charge in [-0.15, -0.1) is 0 Å². The van der Waals surface area contributed by atoms with Crippen molar-refractivity contribution in [2.24, 2.45) is 0 Å². The Morgan fingerprint density at radius 2 is 1.94 bits per heavy atom. The first kappa shape index (κ1) is 14.4. The average Bonchev–Trinajstić information content (AvgIpc) is 2.22. The van der Waals surface area contributed by atoms with Crippen molar-refractivity contribution in [3.63, 3.8) is 0 Å². The molecule has 0 saturated carbocycles. The third-order valence-electron chi connectivity index (χ3n) is 2.17. The molecule has 0 aliphatic rings. The highest BCUT2D eigenvalue weighted by Crippen LogP contribution is 2.16. The van der Waals surface area contributed by atoms with Gasteiger partial charge in [0, 0.05) is 6.04 Å². The molecule has 0 aromatic heterocycles. The predicted octanol–water partition coefficient (Wildman–Crippen LogP) is 2.57. The minimum Gasteiger partial charge on any atom is -0.345 e. The fourth-order valence-electron chi connectivity index (χ4n) is 1.39. The molecule has 1 aromatic carbocycles. The highest BCUT2D eigenvalue weighted by molar-refractivity contribution is 5.81. The third kappa shape index (κ3) is 3.97. The molecule has 100 valence electrons. The van der Waals surface area contributed by atoms with Gasteiger partial charge in [-0.1, -0.05) is 0 Å². The van der Waals surface area contributed by atoms with Gasteiger partial charge in [-0.3, -0.25) is 4.79 Å². The lowest BCUT2D eigenvalue weighted by atomic mass is 10.1. The van der Waals surface area contributed by atoms with Gasteiger partial charge in [-0.05, 0) is 37.1 Å². The van der Waals surface area contributed by atoms with Crippen LogP contribution >= 0.6 is 0 Å². The van der Waals surface area contributed by atoms with Gasteiger partial charge < -0.3 is 5.32 Å². The van der Waals surface area contributed by atoms with Crippen molar-refractivity contribution in [1.82, 2.24) is 5.32 Å². The maximum absolute atomic E-state index is 13.2. The van der Waals surface area contributed by atoms with Crippen molar-refractivity contribution in [2.45, 2.75) is 25.6 Å². The number of carbonyl (C=O) groups is 1. The number of rotatable bonds is 3. The Bertz CT molecular complexity index is 444. The van der Waals surface area contributed by atoms with E-state index in [9.17, 15) is 26.7 Å². The molecule has 0 bridgehead atoms. The summed E-state index contributed by atoms with van der Waals surface area (Å²) < 4.78 is 61.9. The molecule has 18 heavy (non-hydrogen) atoms. The van der Waals surface area contributed by atoms with E-state index in [0.717, 1.165) is 18.2 Å². The summed E-state index contributed by atoms with van der Waals surface area (Å²) in [5, 5.41) is 1.66. The molecule has 1 N–H and O–H groups in total. The highest BCUT2D eigenvalue weighted by atomic mass is 19.4. The van der Waals surface area contributed by atoms with Crippen LogP contribution in [0.1, 0.15) is 12.5 Å². The smallest absolute Gasteiger partial charge is 0.345 e. The fourth-order valence-corrected chi connectivity index (χ4v) is 1.39. The Balaban J connectivity index is 2.68. The van der Waals surface area contributed by atoms with Crippen molar-refractivity contribution >= 4 is 5.91 Å². The second-order valence-corrected chi connectivity index (χ2v) is 3.81. The van der Waals surface area contributed by atoms with Crippen LogP contribution in [-0.2, 0) is 11.2 Å². The van der Waals surface area contributed by atoms with Crippen LogP contribution in [0.4, 0.5) is 22.0 Å². The molecule has 0 aliphatic carbocycles. The van der Waals surface area contributed by atoms with Gasteiger partial charge in [0.25, 0.3) is 0 Å². The summed E-state index contributed by atoms with van der Waals surface area (Å²) in [6, 6.07) is 1.70. The van der Waals surface area contributed by atoms with Gasteiger partial charge in [0.05, 0.1) is 0 Å². The van der Waals surface area contributed by atoms with E-state index in [-0.39, 0.29) is 12.0 Å². The summed E-state index contributed by atoms with van der Waals surface area (Å²) in [6.45, 7) is 1.27. The first-order valence-corrected chi connectivity index (χ1v) is 5.01. The fraction of sp³-hybridized carbons (Fsp3) is 0.364. The molecule has 1 amide bonds. The van der Waals surface area contributed by atoms with Crippen LogP contribution in [-0.4, -0.2) is 18.1 Å². The molecule has 7 heteroatoms. The number of carbonyl (C=O) groups excluding carboxylic acids is 1. The van der Waals surface area contributed by atoms with Crippen LogP contribution in [0.3, 0.4) is 0 Å². The molecular formula is C11H10F5NO. The van der Waals surface area contributed by atoms with E-state index < -0.39 is 29.8 Å². The Kier molecular flexibility index (Phi) is 4.26. The molecule has 0 fully saturated rings. The van der Waals surface area contributed by atoms with Crippen LogP contribution in [0.5, 0.6) is 0 Å². The largest absolute Gasteiger partial charge is 0.471 e. The predicted molar refractivity (Wildman–Crippen MR) is 53.7 cm³/mol. The minimum absolute atomic E-state index is 0.0926. The molecule has 1 aromatic rings. The number of amides is 1. The average molecular weight is 267 g/mol. The van der Waals surface area contributed by atoms with Gasteiger partial charge in [0.2, 0.25) is 0 Å². The van der Waals surface area contributed by atoms with E-state index in [0.29, 0.717) is 0 Å². The SMILES string of the molecule is CC(Cc1cc(F)ccc1F)NC(=O)C(F)(F)F. The number of nitrogens with one attached hydrogen (secondary N) is 1. The van der Waals surface area contributed by atoms with E-state index in [4.69, 9.17) is 0 Å². The molecule has 0 heterocycles. The normalized spacial score (nSPS) is 13.2. The van der Waals surface area contributed by atoms with Crippen molar-refractivity contribution in [3.8, 4) is 0 Å². The van der Waals surface area contributed by atoms with Crippen LogP contribution in [0, 0.1) is 11.6 Å². The second-order valence-electron chi connectivity index (χ2n) is 3.81. The first-order valence-electron chi connectivity index (χ1n) is 5.01. The van der Waals surface area contributed by atoms with Crippen LogP contribution < -0.4 is 5.32 Å². The zero-order valence-electron chi connectivity index (χ0n) is 9.31. The van der Waals surface area contributed by atoms with E-state index in [1.165, 1.54) is 6.92 Å². The molecule has 1 unspecified atom stereocenters. The number of halogens is 5. The number of hydrogen-bond donors (Lipinski definition) is 1. The van der Waals surface area contributed by atoms with Crippen LogP contribution in [0.25, 0.3) is 0 Å². The standard InChI is InChI=1S/C11H10F5NO/c1-6(17-10(18)11(14,15)16)4-7-5-8(12)2-3-9(7)13/h2-3,5-6H,4H2,1H3,(H,17,18). The quantitative estimate of drug-likeness (QED) is 0.838. The number of hydrogen-bond acceptors (Lipinski definition) is 1. The first-order chi connectivity index (χ1) is 8.20. The Morgan fingerprint density at radius 1 is 1.33 bits per heavy atom. The second kappa shape index (κ2) is 5.32. The lowest BCUT2D eigenvalue weighted by Gasteiger charge is -2.15. The Hall–Kier alpha value is -1.66. The van der Waals surface area contributed by atoms with Crippen LogP contribution in [0.2, 0.25) is 0 Å². The lowest BCUT2D eigenvalue weighted by Crippen LogP contribution is -2.42. The molecule has 0 aliphatic heterocycles. The summed E-state index contributed by atoms with van der Waals surface area (Å²) in [7, 11) is 0. The summed E-state index contributed by atoms with van der Waals surface area (Å²) in [4.78, 5) is 10.6. The van der Waals surface area contributed by atoms with Crippen molar-refractivity contribution in [3.05, 3.63) is 35.4 Å². The van der Waals surface area contributed by atoms with Gasteiger partial charge in [0.1, 0.15) is 11.6 Å². The molecule has 1 rings (SSSR count). The molecule has 0 spiro atoms. The van der Waals surface area contributed by atoms with E-state index in [1.54, 1.807) is 5.32 Å². The van der Waals surface area contributed by atoms with Crippen LogP contribution in [0.15, 0.2) is 18.2 Å². The van der Waals surface area contributed by atoms with Gasteiger partial charge in [0.15, 0.2) is 0 Å². The molecule has 2 nitrogen and oxygen atoms in total. The van der Waals surface area contributed by atoms with Gasteiger partial charge >= 0.3 is 12.1 Å². The third-order valence-corrected chi connectivity index (χ3v) is 2.17. The van der Waals surface area contributed by atoms with Crippen molar-refractivity contribution in [1.29, 1.82) is 0 Å². The Labute approximate surface area is 99.8 Å². The zero-order chi connectivity index (χ0) is 13.9. The van der Waals surface area contributed by atoms with Crippen molar-refractivity contribution < 1.29 is 26.7 Å². The summed E-state index contributed by atoms with van der Waals surface area (Å²) in [5.41, 5.74) is -0.0926. The zero-order valence-corrected chi connectivity index (χ0v) is 9.31. The number of alkyl halides is 3. The maximum Gasteiger partial charge on any atom is 0.471 e. The Morgan fingerprint density at radius 3 is 2.50 bits per heavy atom. The van der Waals surface area contributed by atoms with Gasteiger partial charge in [-0.25, -0.2) is 8.78 Å². The van der Waals surface area contributed by atoms with E-state index in [2.05, 4.69) is 0 Å². The molecule has 0 saturated heterocycles. The maximum atomic E-state index is 13.2. The van der Waals surface area contributed by atoms with Gasteiger partial charge in [-0.2, -0.15) is 13.2 Å². The summed E-state index contributed by atoms with van der Waals surface area (Å²) in [5.74, 6) is -3.53. The van der Waals surface area contributed by atoms with Crippen molar-refractivity contribution in [2.75, 3.05) is 0 Å². The summed E-state index contributed by atoms with van der Waals surface area (Å²) >= 11 is 0. The van der Waals surface area contributed by atoms with E-state index >= 15 is 0 Å². The molecule has 0 radical (unpaired) electrons. The van der Waals surface area contributed by atoms with E-state index in [1.807, 2.05) is 0 Å². The number of benzene rings is 1. The topological polar surface area (TPSA) is 29.1 Å². The lowest BCUT2D eigenvalue weighted by molar-refractivity contribution is -0.174. The monoisotopic (exact) mass is 267 g/mol. The molecule has 1 atom stereocenters. The highest BCUT2D eigenvalue weighted by Gasteiger charge is 2.39. The molecular weight excluding hydrogens is 257 g/mol. The summed E-state index contributed by atoms with van der Waals surface area (Å²) in [6.07, 6.45) is -5.22.